The molecule has 27 heavy (non-hydrogen) atoms. The number of hydrogen-bond acceptors (Lipinski definition) is 3. The van der Waals surface area contributed by atoms with Gasteiger partial charge in [-0.1, -0.05) is 19.3 Å². The minimum Gasteiger partial charge on any atom is -0.352 e. The van der Waals surface area contributed by atoms with Crippen molar-refractivity contribution in [3.05, 3.63) is 35.4 Å². The highest BCUT2D eigenvalue weighted by atomic mass is 19.1. The molecule has 1 aliphatic heterocycles. The molecule has 1 N–H and O–H groups in total. The molecule has 0 spiro atoms. The lowest BCUT2D eigenvalue weighted by atomic mass is 9.95. The molecule has 0 aromatic heterocycles. The fourth-order valence-electron chi connectivity index (χ4n) is 3.92. The first kappa shape index (κ1) is 19.7. The van der Waals surface area contributed by atoms with Crippen LogP contribution in [0.5, 0.6) is 0 Å². The molecule has 1 saturated carbocycles. The lowest BCUT2D eigenvalue weighted by Crippen LogP contribution is -2.44. The van der Waals surface area contributed by atoms with Gasteiger partial charge in [-0.3, -0.25) is 14.5 Å². The summed E-state index contributed by atoms with van der Waals surface area (Å²) in [4.78, 5) is 28.5. The second kappa shape index (κ2) is 9.26. The van der Waals surface area contributed by atoms with E-state index in [1.807, 2.05) is 4.90 Å². The maximum atomic E-state index is 13.4. The molecule has 0 unspecified atom stereocenters. The van der Waals surface area contributed by atoms with E-state index in [1.165, 1.54) is 19.3 Å². The molecule has 148 valence electrons. The van der Waals surface area contributed by atoms with Crippen LogP contribution in [0.15, 0.2) is 18.2 Å². The number of nitrogens with one attached hydrogen (secondary N) is 1. The van der Waals surface area contributed by atoms with Crippen LogP contribution in [0.2, 0.25) is 0 Å². The SMILES string of the molecule is O=C(CN1CCCN(C(=O)c2cc(F)cc(F)c2)CC1)NC1CCCCC1. The standard InChI is InChI=1S/C20H27F2N3O2/c21-16-11-15(12-17(22)13-16)20(27)25-8-4-7-24(9-10-25)14-19(26)23-18-5-2-1-3-6-18/h11-13,18H,1-10,14H2,(H,23,26). The Morgan fingerprint density at radius 2 is 1.63 bits per heavy atom. The quantitative estimate of drug-likeness (QED) is 0.875. The first-order valence-corrected chi connectivity index (χ1v) is 9.78. The van der Waals surface area contributed by atoms with Gasteiger partial charge in [-0.25, -0.2) is 8.78 Å². The second-order valence-corrected chi connectivity index (χ2v) is 7.48. The summed E-state index contributed by atoms with van der Waals surface area (Å²) < 4.78 is 26.7. The van der Waals surface area contributed by atoms with Crippen LogP contribution in [0.1, 0.15) is 48.9 Å². The summed E-state index contributed by atoms with van der Waals surface area (Å²) in [5.74, 6) is -1.85. The van der Waals surface area contributed by atoms with Gasteiger partial charge in [-0.05, 0) is 31.4 Å². The van der Waals surface area contributed by atoms with Gasteiger partial charge in [0.2, 0.25) is 5.91 Å². The van der Waals surface area contributed by atoms with Crippen molar-refractivity contribution in [3.63, 3.8) is 0 Å². The number of carbonyl (C=O) groups is 2. The summed E-state index contributed by atoms with van der Waals surface area (Å²) in [5.41, 5.74) is 0.0241. The first-order valence-electron chi connectivity index (χ1n) is 9.78. The van der Waals surface area contributed by atoms with Crippen molar-refractivity contribution in [1.29, 1.82) is 0 Å². The van der Waals surface area contributed by atoms with Gasteiger partial charge in [0, 0.05) is 43.9 Å². The van der Waals surface area contributed by atoms with Gasteiger partial charge in [-0.15, -0.1) is 0 Å². The third-order valence-corrected chi connectivity index (χ3v) is 5.32. The molecule has 7 heteroatoms. The molecule has 0 atom stereocenters. The number of hydrogen-bond donors (Lipinski definition) is 1. The number of amides is 2. The van der Waals surface area contributed by atoms with Gasteiger partial charge in [0.15, 0.2) is 0 Å². The molecule has 0 radical (unpaired) electrons. The highest BCUT2D eigenvalue weighted by Gasteiger charge is 2.23. The Hall–Kier alpha value is -2.02. The molecule has 1 aliphatic carbocycles. The third-order valence-electron chi connectivity index (χ3n) is 5.32. The van der Waals surface area contributed by atoms with Gasteiger partial charge in [0.05, 0.1) is 6.54 Å². The van der Waals surface area contributed by atoms with E-state index in [9.17, 15) is 18.4 Å². The van der Waals surface area contributed by atoms with E-state index in [0.29, 0.717) is 32.2 Å². The average molecular weight is 379 g/mol. The zero-order valence-corrected chi connectivity index (χ0v) is 15.6. The maximum Gasteiger partial charge on any atom is 0.254 e. The Morgan fingerprint density at radius 1 is 0.926 bits per heavy atom. The maximum absolute atomic E-state index is 13.4. The van der Waals surface area contributed by atoms with Crippen molar-refractivity contribution in [2.45, 2.75) is 44.6 Å². The summed E-state index contributed by atoms with van der Waals surface area (Å²) in [6.07, 6.45) is 6.42. The average Bonchev–Trinajstić information content (AvgIpc) is 2.86. The van der Waals surface area contributed by atoms with Crippen LogP contribution >= 0.6 is 0 Å². The fourth-order valence-corrected chi connectivity index (χ4v) is 3.92. The molecular weight excluding hydrogens is 352 g/mol. The molecule has 2 fully saturated rings. The lowest BCUT2D eigenvalue weighted by molar-refractivity contribution is -0.123. The monoisotopic (exact) mass is 379 g/mol. The molecule has 1 aromatic rings. The molecule has 1 saturated heterocycles. The van der Waals surface area contributed by atoms with Crippen LogP contribution in [-0.4, -0.2) is 60.4 Å². The Bertz CT molecular complexity index is 657. The van der Waals surface area contributed by atoms with Gasteiger partial charge >= 0.3 is 0 Å². The van der Waals surface area contributed by atoms with E-state index in [-0.39, 0.29) is 17.4 Å². The number of carbonyl (C=O) groups excluding carboxylic acids is 2. The van der Waals surface area contributed by atoms with Crippen molar-refractivity contribution in [2.75, 3.05) is 32.7 Å². The summed E-state index contributed by atoms with van der Waals surface area (Å²) in [7, 11) is 0. The molecule has 2 amide bonds. The summed E-state index contributed by atoms with van der Waals surface area (Å²) in [6, 6.07) is 3.17. The van der Waals surface area contributed by atoms with E-state index in [2.05, 4.69) is 5.32 Å². The van der Waals surface area contributed by atoms with Crippen molar-refractivity contribution in [1.82, 2.24) is 15.1 Å². The number of rotatable bonds is 4. The van der Waals surface area contributed by atoms with Crippen LogP contribution < -0.4 is 5.32 Å². The second-order valence-electron chi connectivity index (χ2n) is 7.48. The molecule has 0 bridgehead atoms. The normalized spacial score (nSPS) is 19.6. The molecule has 1 heterocycles. The topological polar surface area (TPSA) is 52.7 Å². The Kier molecular flexibility index (Phi) is 6.77. The van der Waals surface area contributed by atoms with Crippen molar-refractivity contribution in [2.24, 2.45) is 0 Å². The Morgan fingerprint density at radius 3 is 2.33 bits per heavy atom. The van der Waals surface area contributed by atoms with Crippen LogP contribution in [0.4, 0.5) is 8.78 Å². The van der Waals surface area contributed by atoms with Gasteiger partial charge in [0.25, 0.3) is 5.91 Å². The van der Waals surface area contributed by atoms with E-state index < -0.39 is 11.6 Å². The zero-order valence-electron chi connectivity index (χ0n) is 15.6. The fraction of sp³-hybridized carbons (Fsp3) is 0.600. The first-order chi connectivity index (χ1) is 13.0. The summed E-state index contributed by atoms with van der Waals surface area (Å²) in [6.45, 7) is 2.57. The molecule has 3 rings (SSSR count). The van der Waals surface area contributed by atoms with Crippen molar-refractivity contribution in [3.8, 4) is 0 Å². The zero-order chi connectivity index (χ0) is 19.2. The Labute approximate surface area is 158 Å². The number of benzene rings is 1. The van der Waals surface area contributed by atoms with Gasteiger partial charge in [0.1, 0.15) is 11.6 Å². The van der Waals surface area contributed by atoms with Gasteiger partial charge < -0.3 is 10.2 Å². The summed E-state index contributed by atoms with van der Waals surface area (Å²) >= 11 is 0. The highest BCUT2D eigenvalue weighted by molar-refractivity contribution is 5.94. The van der Waals surface area contributed by atoms with Crippen LogP contribution in [0.3, 0.4) is 0 Å². The van der Waals surface area contributed by atoms with Crippen LogP contribution in [0.25, 0.3) is 0 Å². The largest absolute Gasteiger partial charge is 0.352 e. The third kappa shape index (κ3) is 5.73. The molecule has 5 nitrogen and oxygen atoms in total. The van der Waals surface area contributed by atoms with Crippen LogP contribution in [-0.2, 0) is 4.79 Å². The number of nitrogens with zero attached hydrogens (tertiary/aromatic N) is 2. The summed E-state index contributed by atoms with van der Waals surface area (Å²) in [5, 5.41) is 3.11. The Balaban J connectivity index is 1.50. The van der Waals surface area contributed by atoms with Crippen LogP contribution in [0, 0.1) is 11.6 Å². The number of halogens is 2. The molecule has 1 aromatic carbocycles. The predicted molar refractivity (Wildman–Crippen MR) is 98.3 cm³/mol. The minimum atomic E-state index is -0.755. The van der Waals surface area contributed by atoms with Crippen molar-refractivity contribution >= 4 is 11.8 Å². The van der Waals surface area contributed by atoms with E-state index in [1.54, 1.807) is 4.90 Å². The van der Waals surface area contributed by atoms with E-state index >= 15 is 0 Å². The van der Waals surface area contributed by atoms with Crippen molar-refractivity contribution < 1.29 is 18.4 Å². The molecule has 2 aliphatic rings. The molecular formula is C20H27F2N3O2. The smallest absolute Gasteiger partial charge is 0.254 e. The minimum absolute atomic E-state index is 0.0241. The van der Waals surface area contributed by atoms with E-state index in [0.717, 1.165) is 44.0 Å². The predicted octanol–water partition coefficient (Wildman–Crippen LogP) is 2.56. The highest BCUT2D eigenvalue weighted by Crippen LogP contribution is 2.17. The lowest BCUT2D eigenvalue weighted by Gasteiger charge is -2.25. The van der Waals surface area contributed by atoms with E-state index in [4.69, 9.17) is 0 Å². The van der Waals surface area contributed by atoms with Gasteiger partial charge in [-0.2, -0.15) is 0 Å².